The van der Waals surface area contributed by atoms with Crippen LogP contribution in [0.4, 0.5) is 5.82 Å². The Balaban J connectivity index is 1.95. The van der Waals surface area contributed by atoms with Crippen LogP contribution in [0, 0.1) is 6.92 Å². The van der Waals surface area contributed by atoms with Gasteiger partial charge in [0.2, 0.25) is 0 Å². The molecule has 1 amide bonds. The van der Waals surface area contributed by atoms with E-state index in [1.807, 2.05) is 0 Å². The highest BCUT2D eigenvalue weighted by atomic mass is 16.5. The highest BCUT2D eigenvalue weighted by Crippen LogP contribution is 2.43. The molecule has 2 heterocycles. The normalized spacial score (nSPS) is 17.9. The fraction of sp³-hybridized carbons (Fsp3) is 0.174. The average Bonchev–Trinajstić information content (AvgIpc) is 3.31. The summed E-state index contributed by atoms with van der Waals surface area (Å²) in [6.45, 7) is 3.75. The van der Waals surface area contributed by atoms with Gasteiger partial charge in [-0.05, 0) is 31.5 Å². The van der Waals surface area contributed by atoms with E-state index >= 15 is 0 Å². The maximum Gasteiger partial charge on any atom is 0.301 e. The van der Waals surface area contributed by atoms with Crippen LogP contribution >= 0.6 is 0 Å². The van der Waals surface area contributed by atoms with Crippen LogP contribution in [-0.4, -0.2) is 33.7 Å². The maximum absolute atomic E-state index is 13.0. The van der Waals surface area contributed by atoms with Crippen LogP contribution in [0.3, 0.4) is 0 Å². The summed E-state index contributed by atoms with van der Waals surface area (Å²) in [5, 5.41) is 25.0. The fourth-order valence-electron chi connectivity index (χ4n) is 3.57. The van der Waals surface area contributed by atoms with Gasteiger partial charge in [-0.1, -0.05) is 41.6 Å². The molecule has 0 saturated carbocycles. The number of Topliss-reactive ketones (excluding diaryl/α,β-unsaturated/α-hetero) is 1. The Hall–Kier alpha value is -4.07. The van der Waals surface area contributed by atoms with Crippen LogP contribution in [0.15, 0.2) is 64.7 Å². The number of ether oxygens (including phenoxy) is 1. The first-order valence-corrected chi connectivity index (χ1v) is 9.67. The van der Waals surface area contributed by atoms with E-state index in [-0.39, 0.29) is 28.6 Å². The first kappa shape index (κ1) is 20.2. The summed E-state index contributed by atoms with van der Waals surface area (Å²) in [5.74, 6) is -1.29. The summed E-state index contributed by atoms with van der Waals surface area (Å²) in [4.78, 5) is 27.2. The average molecular weight is 420 g/mol. The van der Waals surface area contributed by atoms with Crippen LogP contribution in [0.2, 0.25) is 0 Å². The standard InChI is InChI=1S/C23H20N2O6/c1-3-30-17-12-15(9-10-16(17)26)20-19(21(27)14-7-5-4-6-8-14)22(28)23(29)25(20)18-11-13(2)31-24-18/h4-12,20,26-27H,3H2,1-2H3. The Morgan fingerprint density at radius 3 is 2.55 bits per heavy atom. The molecule has 1 fully saturated rings. The van der Waals surface area contributed by atoms with Crippen molar-refractivity contribution in [2.24, 2.45) is 0 Å². The van der Waals surface area contributed by atoms with Crippen molar-refractivity contribution in [3.8, 4) is 11.5 Å². The molecule has 1 aromatic heterocycles. The molecule has 2 aromatic carbocycles. The van der Waals surface area contributed by atoms with E-state index in [1.54, 1.807) is 50.2 Å². The lowest BCUT2D eigenvalue weighted by atomic mass is 9.95. The Kier molecular flexibility index (Phi) is 5.21. The molecule has 4 rings (SSSR count). The van der Waals surface area contributed by atoms with Gasteiger partial charge >= 0.3 is 5.91 Å². The summed E-state index contributed by atoms with van der Waals surface area (Å²) >= 11 is 0. The van der Waals surface area contributed by atoms with Crippen molar-refractivity contribution in [2.45, 2.75) is 19.9 Å². The van der Waals surface area contributed by atoms with E-state index in [0.29, 0.717) is 23.5 Å². The molecule has 1 atom stereocenters. The molecule has 0 bridgehead atoms. The van der Waals surface area contributed by atoms with Crippen molar-refractivity contribution in [3.63, 3.8) is 0 Å². The van der Waals surface area contributed by atoms with Crippen molar-refractivity contribution >= 4 is 23.3 Å². The summed E-state index contributed by atoms with van der Waals surface area (Å²) in [7, 11) is 0. The molecule has 158 valence electrons. The third kappa shape index (κ3) is 3.52. The van der Waals surface area contributed by atoms with Gasteiger partial charge in [0.1, 0.15) is 11.5 Å². The molecule has 1 aliphatic heterocycles. The van der Waals surface area contributed by atoms with Crippen LogP contribution in [0.25, 0.3) is 5.76 Å². The minimum absolute atomic E-state index is 0.0807. The summed E-state index contributed by atoms with van der Waals surface area (Å²) in [5.41, 5.74) is 0.759. The molecule has 31 heavy (non-hydrogen) atoms. The summed E-state index contributed by atoms with van der Waals surface area (Å²) < 4.78 is 10.6. The Morgan fingerprint density at radius 1 is 1.16 bits per heavy atom. The van der Waals surface area contributed by atoms with Crippen LogP contribution in [0.1, 0.15) is 29.9 Å². The molecule has 8 heteroatoms. The number of phenolic OH excluding ortho intramolecular Hbond substituents is 1. The zero-order valence-electron chi connectivity index (χ0n) is 16.9. The SMILES string of the molecule is CCOc1cc(C2C(=C(O)c3ccccc3)C(=O)C(=O)N2c2cc(C)on2)ccc1O. The van der Waals surface area contributed by atoms with Gasteiger partial charge in [0.25, 0.3) is 5.78 Å². The van der Waals surface area contributed by atoms with Gasteiger partial charge in [-0.2, -0.15) is 0 Å². The first-order valence-electron chi connectivity index (χ1n) is 9.67. The van der Waals surface area contributed by atoms with Gasteiger partial charge in [0.15, 0.2) is 17.3 Å². The number of benzene rings is 2. The number of carbonyl (C=O) groups is 2. The second-order valence-corrected chi connectivity index (χ2v) is 6.99. The summed E-state index contributed by atoms with van der Waals surface area (Å²) in [6, 6.07) is 13.5. The van der Waals surface area contributed by atoms with Gasteiger partial charge in [0.05, 0.1) is 18.2 Å². The molecule has 3 aromatic rings. The number of amides is 1. The number of aromatic nitrogens is 1. The molecule has 0 radical (unpaired) electrons. The quantitative estimate of drug-likeness (QED) is 0.367. The monoisotopic (exact) mass is 420 g/mol. The minimum Gasteiger partial charge on any atom is -0.507 e. The number of nitrogens with zero attached hydrogens (tertiary/aromatic N) is 2. The van der Waals surface area contributed by atoms with Gasteiger partial charge in [0, 0.05) is 11.6 Å². The van der Waals surface area contributed by atoms with Crippen molar-refractivity contribution in [1.82, 2.24) is 5.16 Å². The van der Waals surface area contributed by atoms with Crippen LogP contribution in [0.5, 0.6) is 11.5 Å². The number of hydrogen-bond donors (Lipinski definition) is 2. The molecular formula is C23H20N2O6. The predicted molar refractivity (Wildman–Crippen MR) is 112 cm³/mol. The topological polar surface area (TPSA) is 113 Å². The van der Waals surface area contributed by atoms with Crippen molar-refractivity contribution < 1.29 is 29.1 Å². The van der Waals surface area contributed by atoms with Crippen molar-refractivity contribution in [2.75, 3.05) is 11.5 Å². The lowest BCUT2D eigenvalue weighted by Gasteiger charge is -2.23. The van der Waals surface area contributed by atoms with Crippen LogP contribution in [-0.2, 0) is 9.59 Å². The number of anilines is 1. The van der Waals surface area contributed by atoms with Crippen molar-refractivity contribution in [1.29, 1.82) is 0 Å². The Labute approximate surface area is 178 Å². The summed E-state index contributed by atoms with van der Waals surface area (Å²) in [6.07, 6.45) is 0. The number of aliphatic hydroxyl groups excluding tert-OH is 1. The number of aryl methyl sites for hydroxylation is 1. The highest BCUT2D eigenvalue weighted by molar-refractivity contribution is 6.51. The molecule has 2 N–H and O–H groups in total. The Bertz CT molecular complexity index is 1180. The smallest absolute Gasteiger partial charge is 0.301 e. The van der Waals surface area contributed by atoms with Gasteiger partial charge in [-0.15, -0.1) is 0 Å². The molecule has 8 nitrogen and oxygen atoms in total. The van der Waals surface area contributed by atoms with E-state index in [2.05, 4.69) is 5.16 Å². The molecule has 0 aliphatic carbocycles. The zero-order chi connectivity index (χ0) is 22.1. The Morgan fingerprint density at radius 2 is 1.90 bits per heavy atom. The van der Waals surface area contributed by atoms with E-state index in [0.717, 1.165) is 0 Å². The lowest BCUT2D eigenvalue weighted by molar-refractivity contribution is -0.132. The highest BCUT2D eigenvalue weighted by Gasteiger charge is 2.48. The molecule has 1 saturated heterocycles. The van der Waals surface area contributed by atoms with Crippen molar-refractivity contribution in [3.05, 3.63) is 77.1 Å². The predicted octanol–water partition coefficient (Wildman–Crippen LogP) is 3.71. The van der Waals surface area contributed by atoms with Gasteiger partial charge in [-0.3, -0.25) is 14.5 Å². The largest absolute Gasteiger partial charge is 0.507 e. The lowest BCUT2D eigenvalue weighted by Crippen LogP contribution is -2.29. The second kappa shape index (κ2) is 7.98. The van der Waals surface area contributed by atoms with Gasteiger partial charge < -0.3 is 19.5 Å². The number of phenols is 1. The number of aromatic hydroxyl groups is 1. The van der Waals surface area contributed by atoms with E-state index in [9.17, 15) is 19.8 Å². The van der Waals surface area contributed by atoms with Crippen LogP contribution < -0.4 is 9.64 Å². The number of hydrogen-bond acceptors (Lipinski definition) is 7. The zero-order valence-corrected chi connectivity index (χ0v) is 16.9. The first-order chi connectivity index (χ1) is 14.9. The third-order valence-corrected chi connectivity index (χ3v) is 4.95. The minimum atomic E-state index is -0.996. The third-order valence-electron chi connectivity index (χ3n) is 4.95. The molecule has 1 aliphatic rings. The van der Waals surface area contributed by atoms with E-state index in [1.165, 1.54) is 23.1 Å². The van der Waals surface area contributed by atoms with Gasteiger partial charge in [-0.25, -0.2) is 0 Å². The number of ketones is 1. The molecule has 1 unspecified atom stereocenters. The second-order valence-electron chi connectivity index (χ2n) is 6.99. The molecule has 0 spiro atoms. The van der Waals surface area contributed by atoms with E-state index in [4.69, 9.17) is 9.26 Å². The van der Waals surface area contributed by atoms with E-state index < -0.39 is 17.7 Å². The fourth-order valence-corrected chi connectivity index (χ4v) is 3.57. The maximum atomic E-state index is 13.0. The number of carbonyl (C=O) groups excluding carboxylic acids is 2. The number of rotatable bonds is 5. The molecular weight excluding hydrogens is 400 g/mol. The number of aliphatic hydroxyl groups is 1.